The van der Waals surface area contributed by atoms with Crippen LogP contribution in [0.15, 0.2) is 35.5 Å². The van der Waals surface area contributed by atoms with Crippen LogP contribution < -0.4 is 4.90 Å². The summed E-state index contributed by atoms with van der Waals surface area (Å²) >= 11 is 5.37. The van der Waals surface area contributed by atoms with Gasteiger partial charge in [0, 0.05) is 19.4 Å². The topological polar surface area (TPSA) is 51.7 Å². The summed E-state index contributed by atoms with van der Waals surface area (Å²) < 4.78 is 32.2. The van der Waals surface area contributed by atoms with Gasteiger partial charge in [0.2, 0.25) is 10.0 Å². The molecule has 1 saturated heterocycles. The standard InChI is InChI=1S/C17H24N4O2S2/c1-14-4-5-16(15(2)12-14)25(22,23)21-10-7-19(8-11-21)13-20-9-6-18(3)17(20)24/h4-6,9,12H,7-8,10-11,13H2,1-3H3/p+1. The molecule has 0 spiro atoms. The lowest BCUT2D eigenvalue weighted by molar-refractivity contribution is -0.926. The van der Waals surface area contributed by atoms with Crippen molar-refractivity contribution in [1.82, 2.24) is 13.4 Å². The maximum Gasteiger partial charge on any atom is 0.243 e. The van der Waals surface area contributed by atoms with Gasteiger partial charge in [0.05, 0.1) is 31.1 Å². The SMILES string of the molecule is Cc1ccc(S(=O)(=O)N2CC[NH+](Cn3ccn(C)c3=S)CC2)c(C)c1. The highest BCUT2D eigenvalue weighted by Gasteiger charge is 2.31. The molecule has 136 valence electrons. The number of piperazine rings is 1. The normalized spacial score (nSPS) is 17.1. The summed E-state index contributed by atoms with van der Waals surface area (Å²) in [6.07, 6.45) is 3.93. The monoisotopic (exact) mass is 381 g/mol. The number of imidazole rings is 1. The molecule has 1 N–H and O–H groups in total. The summed E-state index contributed by atoms with van der Waals surface area (Å²) in [6, 6.07) is 5.51. The van der Waals surface area contributed by atoms with Gasteiger partial charge in [-0.15, -0.1) is 0 Å². The first-order valence-corrected chi connectivity index (χ1v) is 10.3. The molecule has 1 aromatic carbocycles. The van der Waals surface area contributed by atoms with Gasteiger partial charge >= 0.3 is 0 Å². The second-order valence-corrected chi connectivity index (χ2v) is 9.01. The molecule has 1 aliphatic heterocycles. The van der Waals surface area contributed by atoms with Crippen LogP contribution in [0.2, 0.25) is 0 Å². The van der Waals surface area contributed by atoms with E-state index in [0.717, 1.165) is 35.7 Å². The minimum Gasteiger partial charge on any atom is -0.327 e. The van der Waals surface area contributed by atoms with Crippen LogP contribution >= 0.6 is 12.2 Å². The Morgan fingerprint density at radius 1 is 1.16 bits per heavy atom. The first kappa shape index (κ1) is 18.3. The second-order valence-electron chi connectivity index (χ2n) is 6.74. The van der Waals surface area contributed by atoms with Gasteiger partial charge in [0.1, 0.15) is 0 Å². The van der Waals surface area contributed by atoms with Gasteiger partial charge in [-0.1, -0.05) is 17.7 Å². The number of aryl methyl sites for hydroxylation is 3. The number of rotatable bonds is 4. The lowest BCUT2D eigenvalue weighted by Gasteiger charge is -2.31. The molecule has 0 bridgehead atoms. The van der Waals surface area contributed by atoms with E-state index >= 15 is 0 Å². The third-order valence-electron chi connectivity index (χ3n) is 4.79. The van der Waals surface area contributed by atoms with Crippen molar-refractivity contribution in [1.29, 1.82) is 0 Å². The van der Waals surface area contributed by atoms with E-state index in [1.54, 1.807) is 10.4 Å². The molecule has 0 saturated carbocycles. The first-order chi connectivity index (χ1) is 11.8. The van der Waals surface area contributed by atoms with Gasteiger partial charge in [-0.05, 0) is 37.7 Å². The zero-order valence-corrected chi connectivity index (χ0v) is 16.5. The number of nitrogens with zero attached hydrogens (tertiary/aromatic N) is 3. The van der Waals surface area contributed by atoms with Crippen molar-refractivity contribution in [2.45, 2.75) is 25.4 Å². The maximum atomic E-state index is 12.9. The first-order valence-electron chi connectivity index (χ1n) is 8.42. The molecule has 25 heavy (non-hydrogen) atoms. The van der Waals surface area contributed by atoms with Crippen LogP contribution in [0, 0.1) is 18.6 Å². The van der Waals surface area contributed by atoms with Crippen LogP contribution in [0.1, 0.15) is 11.1 Å². The third-order valence-corrected chi connectivity index (χ3v) is 7.37. The zero-order chi connectivity index (χ0) is 18.2. The highest BCUT2D eigenvalue weighted by atomic mass is 32.2. The van der Waals surface area contributed by atoms with E-state index < -0.39 is 10.0 Å². The average molecular weight is 382 g/mol. The molecule has 2 heterocycles. The van der Waals surface area contributed by atoms with Crippen LogP contribution in [0.5, 0.6) is 0 Å². The van der Waals surface area contributed by atoms with Crippen molar-refractivity contribution >= 4 is 22.2 Å². The van der Waals surface area contributed by atoms with E-state index in [2.05, 4.69) is 0 Å². The average Bonchev–Trinajstić information content (AvgIpc) is 2.87. The maximum absolute atomic E-state index is 12.9. The molecular weight excluding hydrogens is 356 g/mol. The Labute approximate surface area is 154 Å². The fourth-order valence-electron chi connectivity index (χ4n) is 3.30. The summed E-state index contributed by atoms with van der Waals surface area (Å²) in [5.74, 6) is 0. The molecule has 6 nitrogen and oxygen atoms in total. The van der Waals surface area contributed by atoms with Crippen LogP contribution in [0.4, 0.5) is 0 Å². The molecule has 1 fully saturated rings. The summed E-state index contributed by atoms with van der Waals surface area (Å²) in [6.45, 7) is 7.23. The Balaban J connectivity index is 1.69. The lowest BCUT2D eigenvalue weighted by Crippen LogP contribution is -3.14. The third kappa shape index (κ3) is 3.72. The number of sulfonamides is 1. The van der Waals surface area contributed by atoms with Gasteiger partial charge < -0.3 is 9.47 Å². The van der Waals surface area contributed by atoms with Gasteiger partial charge in [-0.25, -0.2) is 8.42 Å². The summed E-state index contributed by atoms with van der Waals surface area (Å²) in [4.78, 5) is 1.77. The summed E-state index contributed by atoms with van der Waals surface area (Å²) in [7, 11) is -1.49. The Morgan fingerprint density at radius 2 is 1.84 bits per heavy atom. The van der Waals surface area contributed by atoms with Crippen molar-refractivity contribution in [3.63, 3.8) is 0 Å². The van der Waals surface area contributed by atoms with E-state index in [4.69, 9.17) is 12.2 Å². The molecule has 0 atom stereocenters. The lowest BCUT2D eigenvalue weighted by atomic mass is 10.2. The minimum atomic E-state index is -3.42. The molecule has 8 heteroatoms. The summed E-state index contributed by atoms with van der Waals surface area (Å²) in [5, 5.41) is 0. The number of hydrogen-bond acceptors (Lipinski definition) is 3. The molecule has 1 aromatic heterocycles. The van der Waals surface area contributed by atoms with Crippen molar-refractivity contribution in [3.8, 4) is 0 Å². The van der Waals surface area contributed by atoms with E-state index in [-0.39, 0.29) is 0 Å². The Morgan fingerprint density at radius 3 is 2.40 bits per heavy atom. The molecule has 0 radical (unpaired) electrons. The molecule has 1 aliphatic rings. The van der Waals surface area contributed by atoms with Crippen molar-refractivity contribution < 1.29 is 13.3 Å². The fraction of sp³-hybridized carbons (Fsp3) is 0.471. The number of benzene rings is 1. The van der Waals surface area contributed by atoms with Crippen LogP contribution in [-0.4, -0.2) is 48.0 Å². The van der Waals surface area contributed by atoms with Crippen LogP contribution in [0.3, 0.4) is 0 Å². The predicted molar refractivity (Wildman–Crippen MR) is 99.6 cm³/mol. The van der Waals surface area contributed by atoms with Gasteiger partial charge in [0.15, 0.2) is 11.4 Å². The predicted octanol–water partition coefficient (Wildman–Crippen LogP) is 0.720. The Hall–Kier alpha value is -1.48. The number of quaternary nitrogens is 1. The van der Waals surface area contributed by atoms with Crippen molar-refractivity contribution in [3.05, 3.63) is 46.5 Å². The van der Waals surface area contributed by atoms with E-state index in [1.807, 2.05) is 54.6 Å². The van der Waals surface area contributed by atoms with Crippen LogP contribution in [-0.2, 0) is 23.7 Å². The number of aromatic nitrogens is 2. The molecule has 2 aromatic rings. The van der Waals surface area contributed by atoms with Gasteiger partial charge in [-0.2, -0.15) is 4.31 Å². The van der Waals surface area contributed by atoms with Gasteiger partial charge in [-0.3, -0.25) is 4.57 Å². The Kier molecular flexibility index (Phi) is 5.15. The number of nitrogens with one attached hydrogen (secondary N) is 1. The fourth-order valence-corrected chi connectivity index (χ4v) is 5.13. The largest absolute Gasteiger partial charge is 0.327 e. The van der Waals surface area contributed by atoms with Crippen molar-refractivity contribution in [2.24, 2.45) is 7.05 Å². The Bertz CT molecular complexity index is 922. The minimum absolute atomic E-state index is 0.423. The smallest absolute Gasteiger partial charge is 0.243 e. The molecular formula is C17H25N4O2S2+. The van der Waals surface area contributed by atoms with E-state index in [1.165, 1.54) is 4.90 Å². The van der Waals surface area contributed by atoms with Crippen LogP contribution in [0.25, 0.3) is 0 Å². The molecule has 0 aliphatic carbocycles. The van der Waals surface area contributed by atoms with E-state index in [0.29, 0.717) is 18.0 Å². The highest BCUT2D eigenvalue weighted by molar-refractivity contribution is 7.89. The number of hydrogen-bond donors (Lipinski definition) is 1. The molecule has 0 amide bonds. The summed E-state index contributed by atoms with van der Waals surface area (Å²) in [5.41, 5.74) is 1.88. The second kappa shape index (κ2) is 7.03. The van der Waals surface area contributed by atoms with Gasteiger partial charge in [0.25, 0.3) is 0 Å². The molecule has 3 rings (SSSR count). The molecule has 0 unspecified atom stereocenters. The quantitative estimate of drug-likeness (QED) is 0.794. The van der Waals surface area contributed by atoms with E-state index in [9.17, 15) is 8.42 Å². The van der Waals surface area contributed by atoms with Crippen molar-refractivity contribution in [2.75, 3.05) is 26.2 Å². The highest BCUT2D eigenvalue weighted by Crippen LogP contribution is 2.20. The zero-order valence-electron chi connectivity index (χ0n) is 14.9.